The Morgan fingerprint density at radius 1 is 1.25 bits per heavy atom. The molecule has 1 fully saturated rings. The maximum Gasteiger partial charge on any atom is 0.140 e. The molecule has 0 aliphatic carbocycles. The van der Waals surface area contributed by atoms with E-state index in [0.29, 0.717) is 12.3 Å². The van der Waals surface area contributed by atoms with E-state index in [1.54, 1.807) is 0 Å². The largest absolute Gasteiger partial charge is 0.381 e. The van der Waals surface area contributed by atoms with E-state index < -0.39 is 11.0 Å². The predicted octanol–water partition coefficient (Wildman–Crippen LogP) is 2.14. The summed E-state index contributed by atoms with van der Waals surface area (Å²) in [4.78, 5) is 12.3. The van der Waals surface area contributed by atoms with Crippen molar-refractivity contribution in [2.75, 3.05) is 13.2 Å². The van der Waals surface area contributed by atoms with Crippen molar-refractivity contribution in [2.45, 2.75) is 52.5 Å². The lowest BCUT2D eigenvalue weighted by atomic mass is 9.69. The normalized spacial score (nSPS) is 19.8. The molecule has 1 aliphatic heterocycles. The first-order chi connectivity index (χ1) is 7.25. The Labute approximate surface area is 98.7 Å². The number of hydrogen-bond acceptors (Lipinski definition) is 3. The van der Waals surface area contributed by atoms with Crippen LogP contribution in [0, 0.1) is 11.3 Å². The van der Waals surface area contributed by atoms with Gasteiger partial charge in [0.25, 0.3) is 0 Å². The van der Waals surface area contributed by atoms with Crippen molar-refractivity contribution >= 4 is 5.78 Å². The van der Waals surface area contributed by atoms with Gasteiger partial charge in [0.15, 0.2) is 0 Å². The second-order valence-corrected chi connectivity index (χ2v) is 6.03. The Morgan fingerprint density at radius 2 is 1.75 bits per heavy atom. The third-order valence-electron chi connectivity index (χ3n) is 4.12. The van der Waals surface area contributed by atoms with Crippen LogP contribution in [0.4, 0.5) is 0 Å². The maximum atomic E-state index is 12.3. The first-order valence-corrected chi connectivity index (χ1v) is 6.15. The average Bonchev–Trinajstić information content (AvgIpc) is 2.17. The van der Waals surface area contributed by atoms with Crippen LogP contribution in [0.3, 0.4) is 0 Å². The van der Waals surface area contributed by atoms with Crippen LogP contribution in [0.5, 0.6) is 0 Å². The molecule has 0 amide bonds. The van der Waals surface area contributed by atoms with E-state index in [2.05, 4.69) is 0 Å². The summed E-state index contributed by atoms with van der Waals surface area (Å²) in [7, 11) is 0. The van der Waals surface area contributed by atoms with E-state index in [4.69, 9.17) is 10.5 Å². The molecule has 1 aliphatic rings. The number of hydrogen-bond donors (Lipinski definition) is 1. The summed E-state index contributed by atoms with van der Waals surface area (Å²) in [5.74, 6) is 0.773. The van der Waals surface area contributed by atoms with Crippen molar-refractivity contribution in [3.63, 3.8) is 0 Å². The van der Waals surface area contributed by atoms with E-state index >= 15 is 0 Å². The van der Waals surface area contributed by atoms with Gasteiger partial charge in [0.05, 0.1) is 0 Å². The Hall–Kier alpha value is -0.410. The van der Waals surface area contributed by atoms with Gasteiger partial charge in [-0.05, 0) is 32.6 Å². The zero-order chi connectivity index (χ0) is 12.4. The summed E-state index contributed by atoms with van der Waals surface area (Å²) in [6.07, 6.45) is 2.66. The summed E-state index contributed by atoms with van der Waals surface area (Å²) in [5, 5.41) is 0. The molecule has 0 aromatic rings. The summed E-state index contributed by atoms with van der Waals surface area (Å²) in [6.45, 7) is 9.35. The van der Waals surface area contributed by atoms with Crippen LogP contribution in [0.1, 0.15) is 47.0 Å². The molecule has 3 nitrogen and oxygen atoms in total. The number of carbonyl (C=O) groups is 1. The highest BCUT2D eigenvalue weighted by molar-refractivity contribution is 5.85. The molecule has 0 aromatic carbocycles. The molecule has 0 saturated carbocycles. The summed E-state index contributed by atoms with van der Waals surface area (Å²) < 4.78 is 5.30. The third kappa shape index (κ3) is 3.05. The zero-order valence-corrected chi connectivity index (χ0v) is 11.0. The molecule has 0 bridgehead atoms. The fourth-order valence-corrected chi connectivity index (χ4v) is 1.83. The monoisotopic (exact) mass is 227 g/mol. The van der Waals surface area contributed by atoms with Gasteiger partial charge in [-0.15, -0.1) is 0 Å². The van der Waals surface area contributed by atoms with Crippen LogP contribution < -0.4 is 5.73 Å². The molecule has 3 heteroatoms. The summed E-state index contributed by atoms with van der Waals surface area (Å²) in [5.41, 5.74) is 5.16. The van der Waals surface area contributed by atoms with Gasteiger partial charge in [0.2, 0.25) is 0 Å². The first kappa shape index (κ1) is 13.7. The molecule has 1 heterocycles. The molecule has 0 radical (unpaired) electrons. The fraction of sp³-hybridized carbons (Fsp3) is 0.923. The van der Waals surface area contributed by atoms with Crippen LogP contribution in [-0.2, 0) is 9.53 Å². The number of ketones is 1. The number of nitrogens with two attached hydrogens (primary N) is 1. The van der Waals surface area contributed by atoms with Gasteiger partial charge < -0.3 is 10.5 Å². The lowest BCUT2D eigenvalue weighted by Crippen LogP contribution is -2.52. The fourth-order valence-electron chi connectivity index (χ4n) is 1.83. The molecule has 94 valence electrons. The van der Waals surface area contributed by atoms with Gasteiger partial charge in [0, 0.05) is 30.6 Å². The number of carbonyl (C=O) groups excluding carboxylic acids is 1. The number of Topliss-reactive ketones (excluding diaryl/α,β-unsaturated/α-hetero) is 1. The van der Waals surface area contributed by atoms with Crippen molar-refractivity contribution in [1.29, 1.82) is 0 Å². The first-order valence-electron chi connectivity index (χ1n) is 6.15. The van der Waals surface area contributed by atoms with Gasteiger partial charge in [-0.3, -0.25) is 4.79 Å². The van der Waals surface area contributed by atoms with Crippen LogP contribution in [0.2, 0.25) is 0 Å². The van der Waals surface area contributed by atoms with Gasteiger partial charge in [-0.1, -0.05) is 13.8 Å². The van der Waals surface area contributed by atoms with E-state index in [0.717, 1.165) is 26.1 Å². The summed E-state index contributed by atoms with van der Waals surface area (Å²) >= 11 is 0. The molecule has 2 N–H and O–H groups in total. The topological polar surface area (TPSA) is 52.3 Å². The highest BCUT2D eigenvalue weighted by Crippen LogP contribution is 2.33. The minimum Gasteiger partial charge on any atom is -0.381 e. The van der Waals surface area contributed by atoms with E-state index in [-0.39, 0.29) is 5.78 Å². The Balaban J connectivity index is 2.57. The second kappa shape index (κ2) is 4.84. The Kier molecular flexibility index (Phi) is 4.13. The van der Waals surface area contributed by atoms with Crippen LogP contribution in [0.25, 0.3) is 0 Å². The SMILES string of the molecule is CC(C)(N)C(C)(C)C(=O)CC1CCOCC1. The molecule has 0 unspecified atom stereocenters. The smallest absolute Gasteiger partial charge is 0.140 e. The van der Waals surface area contributed by atoms with Crippen molar-refractivity contribution in [3.05, 3.63) is 0 Å². The molecular formula is C13H25NO2. The van der Waals surface area contributed by atoms with Crippen molar-refractivity contribution in [2.24, 2.45) is 17.1 Å². The maximum absolute atomic E-state index is 12.3. The molecule has 0 aromatic heterocycles. The van der Waals surface area contributed by atoms with E-state index in [1.807, 2.05) is 27.7 Å². The molecule has 1 saturated heterocycles. The van der Waals surface area contributed by atoms with Crippen LogP contribution >= 0.6 is 0 Å². The standard InChI is InChI=1S/C13H25NO2/c1-12(2,13(3,4)14)11(15)9-10-5-7-16-8-6-10/h10H,5-9,14H2,1-4H3. The summed E-state index contributed by atoms with van der Waals surface area (Å²) in [6, 6.07) is 0. The second-order valence-electron chi connectivity index (χ2n) is 6.03. The van der Waals surface area contributed by atoms with E-state index in [9.17, 15) is 4.79 Å². The lowest BCUT2D eigenvalue weighted by molar-refractivity contribution is -0.131. The van der Waals surface area contributed by atoms with Crippen LogP contribution in [0.15, 0.2) is 0 Å². The molecule has 0 atom stereocenters. The van der Waals surface area contributed by atoms with Crippen molar-refractivity contribution < 1.29 is 9.53 Å². The van der Waals surface area contributed by atoms with Crippen molar-refractivity contribution in [3.8, 4) is 0 Å². The van der Waals surface area contributed by atoms with Gasteiger partial charge >= 0.3 is 0 Å². The van der Waals surface area contributed by atoms with Gasteiger partial charge in [-0.25, -0.2) is 0 Å². The highest BCUT2D eigenvalue weighted by atomic mass is 16.5. The third-order valence-corrected chi connectivity index (χ3v) is 4.12. The van der Waals surface area contributed by atoms with E-state index in [1.165, 1.54) is 0 Å². The average molecular weight is 227 g/mol. The Morgan fingerprint density at radius 3 is 2.19 bits per heavy atom. The number of ether oxygens (including phenoxy) is 1. The molecule has 16 heavy (non-hydrogen) atoms. The quantitative estimate of drug-likeness (QED) is 0.800. The molecule has 1 rings (SSSR count). The minimum absolute atomic E-state index is 0.284. The predicted molar refractivity (Wildman–Crippen MR) is 65.2 cm³/mol. The van der Waals surface area contributed by atoms with Gasteiger partial charge in [-0.2, -0.15) is 0 Å². The lowest BCUT2D eigenvalue weighted by Gasteiger charge is -2.38. The Bertz CT molecular complexity index is 247. The van der Waals surface area contributed by atoms with Crippen LogP contribution in [-0.4, -0.2) is 24.5 Å². The van der Waals surface area contributed by atoms with Gasteiger partial charge in [0.1, 0.15) is 5.78 Å². The highest BCUT2D eigenvalue weighted by Gasteiger charge is 2.40. The molecular weight excluding hydrogens is 202 g/mol. The van der Waals surface area contributed by atoms with Crippen molar-refractivity contribution in [1.82, 2.24) is 0 Å². The minimum atomic E-state index is -0.463. The molecule has 0 spiro atoms. The zero-order valence-electron chi connectivity index (χ0n) is 11.0. The number of rotatable bonds is 4.